The molecule has 0 saturated carbocycles. The summed E-state index contributed by atoms with van der Waals surface area (Å²) < 4.78 is 39.3. The molecule has 1 aromatic rings. The number of likely N-dealkylation sites (tertiary alicyclic amines) is 1. The van der Waals surface area contributed by atoms with Crippen molar-refractivity contribution in [2.75, 3.05) is 19.6 Å². The quantitative estimate of drug-likeness (QED) is 0.757. The van der Waals surface area contributed by atoms with E-state index in [0.717, 1.165) is 10.5 Å². The number of nitrogens with zero attached hydrogens (tertiary/aromatic N) is 1. The molecule has 2 fully saturated rings. The summed E-state index contributed by atoms with van der Waals surface area (Å²) >= 11 is 0. The van der Waals surface area contributed by atoms with Gasteiger partial charge in [-0.25, -0.2) is 5.43 Å². The Morgan fingerprint density at radius 3 is 2.36 bits per heavy atom. The standard InChI is InChI=1S/C16H18F3N3O3/c17-16(18,19)12-8-22(7-11(12)15(24)25)14(23)10-6-20-21-13(10)9-4-2-1-3-5-9/h1-5,10-13,20-21H,6-8H2,(H,24,25)/t10?,11-,12-,13?/m1/s1. The van der Waals surface area contributed by atoms with Gasteiger partial charge in [0.05, 0.1) is 23.8 Å². The molecule has 1 amide bonds. The maximum atomic E-state index is 13.1. The van der Waals surface area contributed by atoms with Gasteiger partial charge in [0.2, 0.25) is 5.91 Å². The Balaban J connectivity index is 1.78. The van der Waals surface area contributed by atoms with Crippen LogP contribution in [-0.2, 0) is 9.59 Å². The van der Waals surface area contributed by atoms with Gasteiger partial charge in [0, 0.05) is 19.6 Å². The van der Waals surface area contributed by atoms with Crippen LogP contribution in [0.2, 0.25) is 0 Å². The molecule has 0 aromatic heterocycles. The number of carbonyl (C=O) groups is 2. The normalized spacial score (nSPS) is 29.8. The molecule has 2 saturated heterocycles. The molecule has 4 atom stereocenters. The zero-order valence-electron chi connectivity index (χ0n) is 13.2. The van der Waals surface area contributed by atoms with E-state index >= 15 is 0 Å². The molecule has 6 nitrogen and oxygen atoms in total. The van der Waals surface area contributed by atoms with Crippen molar-refractivity contribution in [1.82, 2.24) is 15.8 Å². The predicted molar refractivity (Wildman–Crippen MR) is 81.1 cm³/mol. The van der Waals surface area contributed by atoms with Crippen molar-refractivity contribution in [3.05, 3.63) is 35.9 Å². The molecule has 2 unspecified atom stereocenters. The van der Waals surface area contributed by atoms with Gasteiger partial charge in [0.15, 0.2) is 0 Å². The van der Waals surface area contributed by atoms with E-state index < -0.39 is 48.9 Å². The van der Waals surface area contributed by atoms with E-state index in [9.17, 15) is 22.8 Å². The summed E-state index contributed by atoms with van der Waals surface area (Å²) in [5, 5.41) is 9.08. The minimum atomic E-state index is -4.65. The van der Waals surface area contributed by atoms with Crippen LogP contribution in [0.1, 0.15) is 11.6 Å². The Hall–Kier alpha value is -2.13. The number of benzene rings is 1. The van der Waals surface area contributed by atoms with Crippen LogP contribution in [0.15, 0.2) is 30.3 Å². The zero-order chi connectivity index (χ0) is 18.2. The molecular formula is C16H18F3N3O3. The van der Waals surface area contributed by atoms with Crippen LogP contribution >= 0.6 is 0 Å². The summed E-state index contributed by atoms with van der Waals surface area (Å²) in [6.45, 7) is -0.767. The molecule has 25 heavy (non-hydrogen) atoms. The molecule has 0 radical (unpaired) electrons. The summed E-state index contributed by atoms with van der Waals surface area (Å²) in [6.07, 6.45) is -4.65. The number of nitrogens with one attached hydrogen (secondary N) is 2. The van der Waals surface area contributed by atoms with Gasteiger partial charge in [0.1, 0.15) is 0 Å². The number of rotatable bonds is 3. The molecule has 2 heterocycles. The average molecular weight is 357 g/mol. The van der Waals surface area contributed by atoms with Crippen molar-refractivity contribution >= 4 is 11.9 Å². The fourth-order valence-corrected chi connectivity index (χ4v) is 3.50. The van der Waals surface area contributed by atoms with Gasteiger partial charge in [-0.1, -0.05) is 30.3 Å². The van der Waals surface area contributed by atoms with E-state index in [2.05, 4.69) is 10.9 Å². The Morgan fingerprint density at radius 1 is 1.12 bits per heavy atom. The zero-order valence-corrected chi connectivity index (χ0v) is 13.2. The molecule has 9 heteroatoms. The van der Waals surface area contributed by atoms with Crippen LogP contribution in [0, 0.1) is 17.8 Å². The molecule has 1 aromatic carbocycles. The molecular weight excluding hydrogens is 339 g/mol. The van der Waals surface area contributed by atoms with Crippen LogP contribution in [0.25, 0.3) is 0 Å². The van der Waals surface area contributed by atoms with E-state index in [1.807, 2.05) is 30.3 Å². The third kappa shape index (κ3) is 3.47. The van der Waals surface area contributed by atoms with Crippen molar-refractivity contribution in [2.45, 2.75) is 12.2 Å². The molecule has 136 valence electrons. The number of hydrazine groups is 1. The second kappa shape index (κ2) is 6.64. The van der Waals surface area contributed by atoms with Crippen LogP contribution in [0.5, 0.6) is 0 Å². The fourth-order valence-electron chi connectivity index (χ4n) is 3.50. The third-order valence-corrected chi connectivity index (χ3v) is 4.83. The maximum absolute atomic E-state index is 13.1. The predicted octanol–water partition coefficient (Wildman–Crippen LogP) is 1.17. The van der Waals surface area contributed by atoms with Gasteiger partial charge in [-0.15, -0.1) is 0 Å². The van der Waals surface area contributed by atoms with Gasteiger partial charge in [-0.3, -0.25) is 15.0 Å². The number of carboxylic acids is 1. The van der Waals surface area contributed by atoms with Crippen LogP contribution in [0.4, 0.5) is 13.2 Å². The highest BCUT2D eigenvalue weighted by Crippen LogP contribution is 2.39. The first-order valence-corrected chi connectivity index (χ1v) is 7.90. The Kier molecular flexibility index (Phi) is 4.70. The van der Waals surface area contributed by atoms with Crippen LogP contribution in [-0.4, -0.2) is 47.7 Å². The van der Waals surface area contributed by atoms with E-state index in [0.29, 0.717) is 0 Å². The minimum Gasteiger partial charge on any atom is -0.481 e. The second-order valence-corrected chi connectivity index (χ2v) is 6.36. The number of amides is 1. The first-order chi connectivity index (χ1) is 11.8. The smallest absolute Gasteiger partial charge is 0.394 e. The Morgan fingerprint density at radius 2 is 1.80 bits per heavy atom. The highest BCUT2D eigenvalue weighted by atomic mass is 19.4. The van der Waals surface area contributed by atoms with Gasteiger partial charge < -0.3 is 10.0 Å². The lowest BCUT2D eigenvalue weighted by Crippen LogP contribution is -2.39. The first kappa shape index (κ1) is 17.7. The molecule has 0 bridgehead atoms. The van der Waals surface area contributed by atoms with Gasteiger partial charge >= 0.3 is 12.1 Å². The fraction of sp³-hybridized carbons (Fsp3) is 0.500. The largest absolute Gasteiger partial charge is 0.481 e. The van der Waals surface area contributed by atoms with Gasteiger partial charge in [-0.05, 0) is 5.56 Å². The lowest BCUT2D eigenvalue weighted by atomic mass is 9.94. The van der Waals surface area contributed by atoms with Crippen LogP contribution < -0.4 is 10.9 Å². The van der Waals surface area contributed by atoms with Crippen LogP contribution in [0.3, 0.4) is 0 Å². The summed E-state index contributed by atoms with van der Waals surface area (Å²) in [4.78, 5) is 25.0. The molecule has 3 rings (SSSR count). The van der Waals surface area contributed by atoms with Crippen molar-refractivity contribution in [3.8, 4) is 0 Å². The summed E-state index contributed by atoms with van der Waals surface area (Å²) in [6, 6.07) is 8.73. The summed E-state index contributed by atoms with van der Waals surface area (Å²) in [5.41, 5.74) is 6.67. The van der Waals surface area contributed by atoms with Crippen molar-refractivity contribution in [1.29, 1.82) is 0 Å². The molecule has 0 spiro atoms. The number of carbonyl (C=O) groups excluding carboxylic acids is 1. The van der Waals surface area contributed by atoms with Crippen molar-refractivity contribution in [3.63, 3.8) is 0 Å². The number of halogens is 3. The lowest BCUT2D eigenvalue weighted by Gasteiger charge is -2.24. The van der Waals surface area contributed by atoms with Crippen molar-refractivity contribution < 1.29 is 27.9 Å². The second-order valence-electron chi connectivity index (χ2n) is 6.36. The van der Waals surface area contributed by atoms with E-state index in [-0.39, 0.29) is 12.6 Å². The van der Waals surface area contributed by atoms with Crippen molar-refractivity contribution in [2.24, 2.45) is 17.8 Å². The van der Waals surface area contributed by atoms with E-state index in [4.69, 9.17) is 5.11 Å². The first-order valence-electron chi connectivity index (χ1n) is 7.90. The van der Waals surface area contributed by atoms with E-state index in [1.54, 1.807) is 0 Å². The maximum Gasteiger partial charge on any atom is 0.394 e. The number of hydrogen-bond donors (Lipinski definition) is 3. The molecule has 2 aliphatic rings. The van der Waals surface area contributed by atoms with Gasteiger partial charge in [-0.2, -0.15) is 13.2 Å². The number of carboxylic acid groups (broad SMARTS) is 1. The summed E-state index contributed by atoms with van der Waals surface area (Å²) in [7, 11) is 0. The highest BCUT2D eigenvalue weighted by Gasteiger charge is 2.54. The molecule has 0 aliphatic carbocycles. The summed E-state index contributed by atoms with van der Waals surface area (Å²) in [5.74, 6) is -6.25. The monoisotopic (exact) mass is 357 g/mol. The average Bonchev–Trinajstić information content (AvgIpc) is 3.22. The Bertz CT molecular complexity index is 653. The topological polar surface area (TPSA) is 81.7 Å². The molecule has 3 N–H and O–H groups in total. The van der Waals surface area contributed by atoms with E-state index in [1.165, 1.54) is 0 Å². The highest BCUT2D eigenvalue weighted by molar-refractivity contribution is 5.82. The number of alkyl halides is 3. The number of aliphatic carboxylic acids is 1. The minimum absolute atomic E-state index is 0.267. The van der Waals surface area contributed by atoms with Gasteiger partial charge in [0.25, 0.3) is 0 Å². The third-order valence-electron chi connectivity index (χ3n) is 4.83. The number of hydrogen-bond acceptors (Lipinski definition) is 4. The SMILES string of the molecule is O=C(O)[C@@H]1CN(C(=O)C2CNNC2c2ccccc2)C[C@H]1C(F)(F)F. The Labute approximate surface area is 142 Å². The molecule has 2 aliphatic heterocycles. The lowest BCUT2D eigenvalue weighted by molar-refractivity contribution is -0.188.